The molecule has 0 aliphatic carbocycles. The summed E-state index contributed by atoms with van der Waals surface area (Å²) in [5.74, 6) is 0. The minimum absolute atomic E-state index is 0.175. The van der Waals surface area contributed by atoms with Crippen molar-refractivity contribution in [1.82, 2.24) is 10.2 Å². The van der Waals surface area contributed by atoms with E-state index in [2.05, 4.69) is 5.32 Å². The summed E-state index contributed by atoms with van der Waals surface area (Å²) in [5, 5.41) is 21.3. The molecule has 7 heteroatoms. The van der Waals surface area contributed by atoms with Gasteiger partial charge in [0.1, 0.15) is 12.3 Å². The highest BCUT2D eigenvalue weighted by Gasteiger charge is 2.40. The molecule has 4 atom stereocenters. The lowest BCUT2D eigenvalue weighted by Crippen LogP contribution is -2.56. The number of aliphatic hydroxyl groups is 2. The van der Waals surface area contributed by atoms with E-state index in [4.69, 9.17) is 15.6 Å². The lowest BCUT2D eigenvalue weighted by molar-refractivity contribution is -0.0654. The van der Waals surface area contributed by atoms with E-state index < -0.39 is 30.6 Å². The number of nitrogens with two attached hydrogens (primary N) is 1. The fraction of sp³-hybridized carbons (Fsp3) is 0.700. The topological polar surface area (TPSA) is 108 Å². The Balaban J connectivity index is 2.14. The number of hydrogen-bond acceptors (Lipinski definition) is 5. The molecular weight excluding hydrogens is 226 g/mol. The Labute approximate surface area is 98.8 Å². The second kappa shape index (κ2) is 4.61. The van der Waals surface area contributed by atoms with Crippen molar-refractivity contribution in [3.8, 4) is 0 Å². The maximum Gasteiger partial charge on any atom is 0.325 e. The maximum atomic E-state index is 11.7. The van der Waals surface area contributed by atoms with Crippen LogP contribution >= 0.6 is 0 Å². The Morgan fingerprint density at radius 2 is 2.41 bits per heavy atom. The number of aliphatic hydroxyl groups excluding tert-OH is 2. The molecule has 0 radical (unpaired) electrons. The lowest BCUT2D eigenvalue weighted by Gasteiger charge is -2.33. The van der Waals surface area contributed by atoms with Gasteiger partial charge in [-0.1, -0.05) is 0 Å². The van der Waals surface area contributed by atoms with E-state index in [0.717, 1.165) is 5.57 Å². The van der Waals surface area contributed by atoms with Crippen molar-refractivity contribution in [3.05, 3.63) is 11.8 Å². The Morgan fingerprint density at radius 1 is 1.71 bits per heavy atom. The first kappa shape index (κ1) is 12.3. The molecular formula is C10H17N3O4. The molecule has 17 heavy (non-hydrogen) atoms. The summed E-state index contributed by atoms with van der Waals surface area (Å²) in [7, 11) is 0. The molecule has 5 N–H and O–H groups in total. The van der Waals surface area contributed by atoms with Gasteiger partial charge >= 0.3 is 6.03 Å². The minimum Gasteiger partial charge on any atom is -0.394 e. The van der Waals surface area contributed by atoms with Crippen LogP contribution in [0.1, 0.15) is 13.3 Å². The summed E-state index contributed by atoms with van der Waals surface area (Å²) in [4.78, 5) is 13.0. The van der Waals surface area contributed by atoms with Gasteiger partial charge in [-0.05, 0) is 12.5 Å². The highest BCUT2D eigenvalue weighted by Crippen LogP contribution is 2.25. The second-order valence-electron chi connectivity index (χ2n) is 4.34. The molecule has 0 aromatic carbocycles. The molecule has 7 nitrogen and oxygen atoms in total. The summed E-state index contributed by atoms with van der Waals surface area (Å²) >= 11 is 0. The van der Waals surface area contributed by atoms with E-state index in [1.54, 1.807) is 13.1 Å². The van der Waals surface area contributed by atoms with Crippen LogP contribution in [0.3, 0.4) is 0 Å². The third-order valence-electron chi connectivity index (χ3n) is 2.99. The summed E-state index contributed by atoms with van der Waals surface area (Å²) in [6, 6.07) is -0.411. The van der Waals surface area contributed by atoms with Gasteiger partial charge in [-0.25, -0.2) is 4.79 Å². The summed E-state index contributed by atoms with van der Waals surface area (Å²) in [6.45, 7) is 1.60. The first-order chi connectivity index (χ1) is 8.02. The Hall–Kier alpha value is -1.15. The van der Waals surface area contributed by atoms with Crippen molar-refractivity contribution in [2.75, 3.05) is 6.61 Å². The Kier molecular flexibility index (Phi) is 3.34. The molecule has 2 amide bonds. The first-order valence-electron chi connectivity index (χ1n) is 5.50. The average molecular weight is 243 g/mol. The normalized spacial score (nSPS) is 38.0. The van der Waals surface area contributed by atoms with Gasteiger partial charge in [0.15, 0.2) is 6.23 Å². The molecule has 1 saturated heterocycles. The highest BCUT2D eigenvalue weighted by atomic mass is 16.5. The van der Waals surface area contributed by atoms with Gasteiger partial charge in [-0.3, -0.25) is 4.90 Å². The summed E-state index contributed by atoms with van der Waals surface area (Å²) in [6.07, 6.45) is -0.648. The molecule has 2 aliphatic rings. The predicted molar refractivity (Wildman–Crippen MR) is 58.5 cm³/mol. The molecule has 1 fully saturated rings. The summed E-state index contributed by atoms with van der Waals surface area (Å²) in [5.41, 5.74) is 6.42. The third-order valence-corrected chi connectivity index (χ3v) is 2.99. The van der Waals surface area contributed by atoms with Crippen molar-refractivity contribution in [1.29, 1.82) is 0 Å². The van der Waals surface area contributed by atoms with Gasteiger partial charge in [-0.2, -0.15) is 0 Å². The quantitative estimate of drug-likeness (QED) is 0.480. The molecule has 0 spiro atoms. The lowest BCUT2D eigenvalue weighted by atomic mass is 10.1. The molecule has 0 aromatic rings. The van der Waals surface area contributed by atoms with E-state index in [9.17, 15) is 9.90 Å². The van der Waals surface area contributed by atoms with E-state index >= 15 is 0 Å². The van der Waals surface area contributed by atoms with E-state index in [0.29, 0.717) is 6.42 Å². The van der Waals surface area contributed by atoms with Gasteiger partial charge < -0.3 is 26.0 Å². The van der Waals surface area contributed by atoms with Crippen LogP contribution in [0.5, 0.6) is 0 Å². The largest absolute Gasteiger partial charge is 0.394 e. The third kappa shape index (κ3) is 2.27. The summed E-state index contributed by atoms with van der Waals surface area (Å²) < 4.78 is 5.40. The molecule has 0 aromatic heterocycles. The van der Waals surface area contributed by atoms with Gasteiger partial charge in [0.25, 0.3) is 0 Å². The van der Waals surface area contributed by atoms with Crippen LogP contribution in [0.25, 0.3) is 0 Å². The van der Waals surface area contributed by atoms with Crippen LogP contribution in [0.15, 0.2) is 11.8 Å². The number of carbonyl (C=O) groups excluding carboxylic acids is 1. The van der Waals surface area contributed by atoms with Crippen molar-refractivity contribution >= 4 is 6.03 Å². The molecule has 2 rings (SSSR count). The number of urea groups is 1. The van der Waals surface area contributed by atoms with Gasteiger partial charge in [0.2, 0.25) is 0 Å². The monoisotopic (exact) mass is 243 g/mol. The fourth-order valence-corrected chi connectivity index (χ4v) is 1.97. The molecule has 0 bridgehead atoms. The molecule has 2 heterocycles. The zero-order valence-corrected chi connectivity index (χ0v) is 9.54. The van der Waals surface area contributed by atoms with Crippen molar-refractivity contribution < 1.29 is 19.7 Å². The van der Waals surface area contributed by atoms with Crippen LogP contribution < -0.4 is 11.1 Å². The van der Waals surface area contributed by atoms with E-state index in [1.165, 1.54) is 4.90 Å². The van der Waals surface area contributed by atoms with Crippen LogP contribution in [0, 0.1) is 0 Å². The Bertz CT molecular complexity index is 346. The molecule has 1 unspecified atom stereocenters. The average Bonchev–Trinajstić information content (AvgIpc) is 2.65. The maximum absolute atomic E-state index is 11.7. The van der Waals surface area contributed by atoms with Crippen molar-refractivity contribution in [2.45, 2.75) is 37.9 Å². The number of nitrogens with one attached hydrogen (secondary N) is 1. The number of carbonyl (C=O) groups is 1. The van der Waals surface area contributed by atoms with E-state index in [-0.39, 0.29) is 6.61 Å². The smallest absolute Gasteiger partial charge is 0.325 e. The van der Waals surface area contributed by atoms with Crippen LogP contribution in [0.4, 0.5) is 4.79 Å². The van der Waals surface area contributed by atoms with Crippen molar-refractivity contribution in [2.24, 2.45) is 5.73 Å². The SMILES string of the molecule is CC1=CN([C@@H]2O[C@H](CO)C[C@H]2O)C(=O)NC1N. The van der Waals surface area contributed by atoms with Crippen LogP contribution in [-0.4, -0.2) is 52.4 Å². The standard InChI is InChI=1S/C10H17N3O4/c1-5-3-13(10(16)12-8(5)11)9-7(15)2-6(4-14)17-9/h3,6-9,14-15H,2,4,11H2,1H3,(H,12,16)/t6-,7+,8?,9+/m0/s1. The minimum atomic E-state index is -0.809. The van der Waals surface area contributed by atoms with Crippen molar-refractivity contribution in [3.63, 3.8) is 0 Å². The Morgan fingerprint density at radius 3 is 3.00 bits per heavy atom. The van der Waals surface area contributed by atoms with Gasteiger partial charge in [0.05, 0.1) is 12.7 Å². The fourth-order valence-electron chi connectivity index (χ4n) is 1.97. The second-order valence-corrected chi connectivity index (χ2v) is 4.34. The molecule has 2 aliphatic heterocycles. The van der Waals surface area contributed by atoms with Gasteiger partial charge in [-0.15, -0.1) is 0 Å². The number of nitrogens with zero attached hydrogens (tertiary/aromatic N) is 1. The zero-order chi connectivity index (χ0) is 12.6. The first-order valence-corrected chi connectivity index (χ1v) is 5.50. The van der Waals surface area contributed by atoms with Crippen LogP contribution in [-0.2, 0) is 4.74 Å². The number of hydrogen-bond donors (Lipinski definition) is 4. The predicted octanol–water partition coefficient (Wildman–Crippen LogP) is -1.33. The van der Waals surface area contributed by atoms with Gasteiger partial charge in [0, 0.05) is 12.6 Å². The molecule has 96 valence electrons. The number of rotatable bonds is 2. The number of ether oxygens (including phenoxy) is 1. The highest BCUT2D eigenvalue weighted by molar-refractivity contribution is 5.77. The van der Waals surface area contributed by atoms with Crippen LogP contribution in [0.2, 0.25) is 0 Å². The zero-order valence-electron chi connectivity index (χ0n) is 9.54. The van der Waals surface area contributed by atoms with E-state index in [1.807, 2.05) is 0 Å². The molecule has 0 saturated carbocycles. The number of amides is 2.